The maximum Gasteiger partial charge on any atom is 0.271 e. The summed E-state index contributed by atoms with van der Waals surface area (Å²) in [6.45, 7) is 0.305. The summed E-state index contributed by atoms with van der Waals surface area (Å²) in [5.74, 6) is -1.82. The first-order chi connectivity index (χ1) is 12.3. The van der Waals surface area contributed by atoms with Crippen molar-refractivity contribution in [2.45, 2.75) is 12.8 Å². The number of carbonyl (C=O) groups excluding carboxylic acids is 1. The average molecular weight is 382 g/mol. The van der Waals surface area contributed by atoms with E-state index in [2.05, 4.69) is 5.32 Å². The van der Waals surface area contributed by atoms with Crippen molar-refractivity contribution >= 4 is 34.6 Å². The van der Waals surface area contributed by atoms with Gasteiger partial charge in [-0.15, -0.1) is 0 Å². The topological polar surface area (TPSA) is 75.5 Å². The Labute approximate surface area is 152 Å². The molecule has 0 unspecified atom stereocenters. The van der Waals surface area contributed by atoms with Gasteiger partial charge in [0, 0.05) is 24.7 Å². The molecule has 1 heterocycles. The van der Waals surface area contributed by atoms with Crippen molar-refractivity contribution < 1.29 is 18.5 Å². The normalized spacial score (nSPS) is 13.3. The number of nitro groups is 1. The van der Waals surface area contributed by atoms with E-state index in [1.165, 1.54) is 18.2 Å². The lowest BCUT2D eigenvalue weighted by molar-refractivity contribution is -0.384. The maximum absolute atomic E-state index is 14.1. The Hall–Kier alpha value is -2.74. The van der Waals surface area contributed by atoms with Gasteiger partial charge in [-0.25, -0.2) is 8.78 Å². The van der Waals surface area contributed by atoms with Gasteiger partial charge < -0.3 is 10.2 Å². The lowest BCUT2D eigenvalue weighted by atomic mass is 10.0. The molecule has 0 saturated heterocycles. The molecule has 0 aliphatic carbocycles. The van der Waals surface area contributed by atoms with E-state index in [-0.39, 0.29) is 28.6 Å². The van der Waals surface area contributed by atoms with Gasteiger partial charge in [-0.05, 0) is 30.5 Å². The van der Waals surface area contributed by atoms with Crippen LogP contribution in [0.15, 0.2) is 30.3 Å². The van der Waals surface area contributed by atoms with Crippen LogP contribution in [0, 0.1) is 21.7 Å². The summed E-state index contributed by atoms with van der Waals surface area (Å²) in [6, 6.07) is 5.76. The number of hydrogen-bond acceptors (Lipinski definition) is 4. The molecule has 1 aliphatic rings. The minimum Gasteiger partial charge on any atom is -0.360 e. The highest BCUT2D eigenvalue weighted by molar-refractivity contribution is 6.34. The minimum absolute atomic E-state index is 0.0276. The van der Waals surface area contributed by atoms with Crippen molar-refractivity contribution in [3.8, 4) is 0 Å². The van der Waals surface area contributed by atoms with Crippen LogP contribution in [0.2, 0.25) is 5.02 Å². The van der Waals surface area contributed by atoms with E-state index in [0.717, 1.165) is 12.1 Å². The number of hydrogen-bond donors (Lipinski definition) is 1. The fourth-order valence-electron chi connectivity index (χ4n) is 2.98. The van der Waals surface area contributed by atoms with Gasteiger partial charge >= 0.3 is 0 Å². The minimum atomic E-state index is -0.708. The molecule has 0 radical (unpaired) electrons. The van der Waals surface area contributed by atoms with Gasteiger partial charge in [-0.1, -0.05) is 11.6 Å². The average Bonchev–Trinajstić information content (AvgIpc) is 2.56. The molecule has 0 fully saturated rings. The van der Waals surface area contributed by atoms with Crippen LogP contribution in [0.5, 0.6) is 0 Å². The van der Waals surface area contributed by atoms with Crippen LogP contribution in [-0.2, 0) is 11.2 Å². The third-order valence-electron chi connectivity index (χ3n) is 4.07. The third-order valence-corrected chi connectivity index (χ3v) is 4.38. The lowest BCUT2D eigenvalue weighted by Gasteiger charge is -2.31. The number of halogens is 3. The van der Waals surface area contributed by atoms with E-state index >= 15 is 0 Å². The number of nitrogens with zero attached hydrogens (tertiary/aromatic N) is 2. The molecular weight excluding hydrogens is 368 g/mol. The number of non-ortho nitro benzene ring substituents is 1. The molecule has 1 N–H and O–H groups in total. The van der Waals surface area contributed by atoms with E-state index in [1.54, 1.807) is 4.90 Å². The molecule has 0 aromatic heterocycles. The van der Waals surface area contributed by atoms with Gasteiger partial charge in [0.15, 0.2) is 0 Å². The standard InChI is InChI=1S/C17H14ClF2N3O3/c18-13-8-12(23(25)26)3-4-15(13)21-16(24)9-22-5-1-2-10-6-11(19)7-14(20)17(10)22/h3-4,6-8H,1-2,5,9H2,(H,21,24). The van der Waals surface area contributed by atoms with E-state index in [1.807, 2.05) is 0 Å². The SMILES string of the molecule is O=C(CN1CCCc2cc(F)cc(F)c21)Nc1ccc([N+](=O)[O-])cc1Cl. The van der Waals surface area contributed by atoms with Gasteiger partial charge in [0.25, 0.3) is 5.69 Å². The van der Waals surface area contributed by atoms with Crippen LogP contribution in [0.1, 0.15) is 12.0 Å². The first-order valence-corrected chi connectivity index (χ1v) is 8.19. The Morgan fingerprint density at radius 2 is 2.08 bits per heavy atom. The Kier molecular flexibility index (Phi) is 5.03. The summed E-state index contributed by atoms with van der Waals surface area (Å²) < 4.78 is 27.5. The zero-order valence-electron chi connectivity index (χ0n) is 13.5. The molecule has 1 aliphatic heterocycles. The molecule has 2 aromatic rings. The van der Waals surface area contributed by atoms with Crippen LogP contribution in [0.25, 0.3) is 0 Å². The number of nitrogens with one attached hydrogen (secondary N) is 1. The van der Waals surface area contributed by atoms with Crippen LogP contribution >= 0.6 is 11.6 Å². The monoisotopic (exact) mass is 381 g/mol. The Balaban J connectivity index is 1.75. The van der Waals surface area contributed by atoms with Crippen molar-refractivity contribution in [1.29, 1.82) is 0 Å². The fourth-order valence-corrected chi connectivity index (χ4v) is 3.20. The molecule has 0 saturated carbocycles. The maximum atomic E-state index is 14.1. The number of fused-ring (bicyclic) bond motifs is 1. The smallest absolute Gasteiger partial charge is 0.271 e. The predicted molar refractivity (Wildman–Crippen MR) is 93.6 cm³/mol. The Morgan fingerprint density at radius 3 is 2.77 bits per heavy atom. The van der Waals surface area contributed by atoms with Crippen molar-refractivity contribution in [2.75, 3.05) is 23.3 Å². The second kappa shape index (κ2) is 7.25. The first kappa shape index (κ1) is 18.1. The van der Waals surface area contributed by atoms with Crippen molar-refractivity contribution in [3.05, 3.63) is 62.7 Å². The molecule has 1 amide bonds. The largest absolute Gasteiger partial charge is 0.360 e. The first-order valence-electron chi connectivity index (χ1n) is 7.82. The summed E-state index contributed by atoms with van der Waals surface area (Å²) in [4.78, 5) is 24.0. The van der Waals surface area contributed by atoms with E-state index in [4.69, 9.17) is 11.6 Å². The number of aryl methyl sites for hydroxylation is 1. The van der Waals surface area contributed by atoms with E-state index in [9.17, 15) is 23.7 Å². The molecule has 0 spiro atoms. The molecule has 9 heteroatoms. The molecule has 2 aromatic carbocycles. The summed E-state index contributed by atoms with van der Waals surface area (Å²) in [7, 11) is 0. The number of amides is 1. The Bertz CT molecular complexity index is 892. The van der Waals surface area contributed by atoms with E-state index in [0.29, 0.717) is 24.9 Å². The third kappa shape index (κ3) is 3.75. The number of rotatable bonds is 4. The van der Waals surface area contributed by atoms with Crippen LogP contribution < -0.4 is 10.2 Å². The lowest BCUT2D eigenvalue weighted by Crippen LogP contribution is -2.37. The van der Waals surface area contributed by atoms with Gasteiger partial charge in [0.05, 0.1) is 27.9 Å². The van der Waals surface area contributed by atoms with Gasteiger partial charge in [0.2, 0.25) is 5.91 Å². The zero-order chi connectivity index (χ0) is 18.8. The summed E-state index contributed by atoms with van der Waals surface area (Å²) >= 11 is 5.95. The van der Waals surface area contributed by atoms with Crippen LogP contribution in [-0.4, -0.2) is 23.9 Å². The second-order valence-electron chi connectivity index (χ2n) is 5.89. The molecule has 6 nitrogen and oxygen atoms in total. The van der Waals surface area contributed by atoms with Gasteiger partial charge in [-0.2, -0.15) is 0 Å². The summed E-state index contributed by atoms with van der Waals surface area (Å²) in [6.07, 6.45) is 1.21. The second-order valence-corrected chi connectivity index (χ2v) is 6.30. The Morgan fingerprint density at radius 1 is 1.31 bits per heavy atom. The fraction of sp³-hybridized carbons (Fsp3) is 0.235. The van der Waals surface area contributed by atoms with E-state index < -0.39 is 22.5 Å². The van der Waals surface area contributed by atoms with Gasteiger partial charge in [0.1, 0.15) is 11.6 Å². The van der Waals surface area contributed by atoms with Crippen molar-refractivity contribution in [1.82, 2.24) is 0 Å². The van der Waals surface area contributed by atoms with Crippen molar-refractivity contribution in [2.24, 2.45) is 0 Å². The zero-order valence-corrected chi connectivity index (χ0v) is 14.2. The summed E-state index contributed by atoms with van der Waals surface area (Å²) in [5.41, 5.74) is 0.777. The van der Waals surface area contributed by atoms with Crippen LogP contribution in [0.4, 0.5) is 25.8 Å². The number of carbonyl (C=O) groups is 1. The van der Waals surface area contributed by atoms with Crippen molar-refractivity contribution in [3.63, 3.8) is 0 Å². The quantitative estimate of drug-likeness (QED) is 0.643. The number of anilines is 2. The number of benzene rings is 2. The number of nitro benzene ring substituents is 1. The molecule has 26 heavy (non-hydrogen) atoms. The highest BCUT2D eigenvalue weighted by Gasteiger charge is 2.24. The summed E-state index contributed by atoms with van der Waals surface area (Å²) in [5, 5.41) is 13.3. The van der Waals surface area contributed by atoms with Crippen LogP contribution in [0.3, 0.4) is 0 Å². The van der Waals surface area contributed by atoms with Gasteiger partial charge in [-0.3, -0.25) is 14.9 Å². The predicted octanol–water partition coefficient (Wildman–Crippen LogP) is 3.92. The molecular formula is C17H14ClF2N3O3. The molecule has 136 valence electrons. The molecule has 0 bridgehead atoms. The molecule has 0 atom stereocenters. The highest BCUT2D eigenvalue weighted by Crippen LogP contribution is 2.31. The molecule has 3 rings (SSSR count). The highest BCUT2D eigenvalue weighted by atomic mass is 35.5.